The number of rotatable bonds is 2. The summed E-state index contributed by atoms with van der Waals surface area (Å²) in [7, 11) is 0. The van der Waals surface area contributed by atoms with Crippen molar-refractivity contribution in [3.63, 3.8) is 0 Å². The van der Waals surface area contributed by atoms with Gasteiger partial charge >= 0.3 is 18.2 Å². The number of urea groups is 1. The van der Waals surface area contributed by atoms with Crippen molar-refractivity contribution in [2.24, 2.45) is 0 Å². The van der Waals surface area contributed by atoms with Crippen LogP contribution in [0, 0.1) is 0 Å². The summed E-state index contributed by atoms with van der Waals surface area (Å²) in [6.45, 7) is 1.88. The average Bonchev–Trinajstić information content (AvgIpc) is 3.03. The van der Waals surface area contributed by atoms with E-state index in [1.54, 1.807) is 4.90 Å². The Kier molecular flexibility index (Phi) is 4.43. The number of hydrogen-bond acceptors (Lipinski definition) is 4. The van der Waals surface area contributed by atoms with Gasteiger partial charge < -0.3 is 14.1 Å². The fourth-order valence-electron chi connectivity index (χ4n) is 2.23. The molecule has 3 rings (SSSR count). The highest BCUT2D eigenvalue weighted by atomic mass is 19.4. The van der Waals surface area contributed by atoms with Crippen molar-refractivity contribution in [2.75, 3.05) is 31.6 Å². The van der Waals surface area contributed by atoms with Gasteiger partial charge in [-0.3, -0.25) is 5.32 Å². The number of halogens is 3. The summed E-state index contributed by atoms with van der Waals surface area (Å²) in [4.78, 5) is 17.6. The Labute approximate surface area is 135 Å². The molecule has 1 aromatic carbocycles. The number of anilines is 1. The first-order chi connectivity index (χ1) is 11.4. The number of benzene rings is 1. The van der Waals surface area contributed by atoms with Gasteiger partial charge in [0.25, 0.3) is 0 Å². The Bertz CT molecular complexity index is 707. The minimum absolute atomic E-state index is 0.0126. The maximum absolute atomic E-state index is 12.6. The molecule has 128 valence electrons. The molecule has 1 N–H and O–H groups in total. The largest absolute Gasteiger partial charge is 0.431 e. The van der Waals surface area contributed by atoms with E-state index in [4.69, 9.17) is 9.15 Å². The summed E-state index contributed by atoms with van der Waals surface area (Å²) >= 11 is 0. The molecule has 2 heterocycles. The Hall–Kier alpha value is -2.55. The number of hydrogen-bond donors (Lipinski definition) is 1. The van der Waals surface area contributed by atoms with E-state index in [-0.39, 0.29) is 12.0 Å². The molecule has 0 bridgehead atoms. The van der Waals surface area contributed by atoms with Gasteiger partial charge in [0.15, 0.2) is 0 Å². The molecule has 1 fully saturated rings. The Morgan fingerprint density at radius 2 is 1.83 bits per heavy atom. The zero-order valence-electron chi connectivity index (χ0n) is 12.5. The molecule has 2 amide bonds. The molecule has 0 spiro atoms. The zero-order valence-corrected chi connectivity index (χ0v) is 12.5. The number of nitrogens with zero attached hydrogens (tertiary/aromatic N) is 2. The Balaban J connectivity index is 1.67. The van der Waals surface area contributed by atoms with Crippen LogP contribution in [0.2, 0.25) is 0 Å². The highest BCUT2D eigenvalue weighted by molar-refractivity contribution is 5.87. The second-order valence-corrected chi connectivity index (χ2v) is 5.14. The van der Waals surface area contributed by atoms with Gasteiger partial charge in [-0.15, -0.1) is 0 Å². The van der Waals surface area contributed by atoms with E-state index in [2.05, 4.69) is 10.3 Å². The fraction of sp³-hybridized carbons (Fsp3) is 0.333. The van der Waals surface area contributed by atoms with E-state index in [0.717, 1.165) is 12.1 Å². The first-order valence-electron chi connectivity index (χ1n) is 7.20. The van der Waals surface area contributed by atoms with Gasteiger partial charge in [-0.25, -0.2) is 4.79 Å². The summed E-state index contributed by atoms with van der Waals surface area (Å²) in [6.07, 6.45) is -3.11. The molecule has 1 aliphatic rings. The third kappa shape index (κ3) is 3.67. The number of amides is 2. The highest BCUT2D eigenvalue weighted by Gasteiger charge is 2.30. The minimum Gasteiger partial charge on any atom is -0.431 e. The lowest BCUT2D eigenvalue weighted by Gasteiger charge is -2.26. The molecule has 0 radical (unpaired) electrons. The normalized spacial score (nSPS) is 15.4. The van der Waals surface area contributed by atoms with Gasteiger partial charge in [-0.2, -0.15) is 18.2 Å². The number of alkyl halides is 3. The maximum atomic E-state index is 12.6. The monoisotopic (exact) mass is 341 g/mol. The van der Waals surface area contributed by atoms with E-state index in [1.165, 1.54) is 18.4 Å². The molecule has 0 atom stereocenters. The second kappa shape index (κ2) is 6.52. The highest BCUT2D eigenvalue weighted by Crippen LogP contribution is 2.31. The number of nitrogens with one attached hydrogen (secondary N) is 1. The average molecular weight is 341 g/mol. The van der Waals surface area contributed by atoms with Gasteiger partial charge in [-0.1, -0.05) is 12.1 Å². The van der Waals surface area contributed by atoms with Crippen LogP contribution in [-0.4, -0.2) is 42.2 Å². The zero-order chi connectivity index (χ0) is 17.2. The molecule has 0 saturated carbocycles. The fourth-order valence-corrected chi connectivity index (χ4v) is 2.23. The number of carbonyl (C=O) groups is 1. The molecule has 2 aromatic rings. The Morgan fingerprint density at radius 3 is 2.46 bits per heavy atom. The first kappa shape index (κ1) is 16.3. The number of oxazole rings is 1. The second-order valence-electron chi connectivity index (χ2n) is 5.14. The number of carbonyl (C=O) groups excluding carboxylic acids is 1. The predicted octanol–water partition coefficient (Wildman–Crippen LogP) is 3.22. The van der Waals surface area contributed by atoms with E-state index >= 15 is 0 Å². The molecular weight excluding hydrogens is 327 g/mol. The van der Waals surface area contributed by atoms with Gasteiger partial charge in [0, 0.05) is 18.7 Å². The van der Waals surface area contributed by atoms with Crippen LogP contribution >= 0.6 is 0 Å². The van der Waals surface area contributed by atoms with Crippen molar-refractivity contribution in [1.82, 2.24) is 9.88 Å². The van der Waals surface area contributed by atoms with E-state index in [1.807, 2.05) is 0 Å². The topological polar surface area (TPSA) is 67.6 Å². The maximum Gasteiger partial charge on any atom is 0.416 e. The molecule has 6 nitrogen and oxygen atoms in total. The summed E-state index contributed by atoms with van der Waals surface area (Å²) in [6, 6.07) is 4.16. The quantitative estimate of drug-likeness (QED) is 0.911. The molecule has 0 aliphatic carbocycles. The van der Waals surface area contributed by atoms with Crippen LogP contribution in [0.5, 0.6) is 0 Å². The predicted molar refractivity (Wildman–Crippen MR) is 78.4 cm³/mol. The minimum atomic E-state index is -4.39. The number of morpholine rings is 1. The van der Waals surface area contributed by atoms with Crippen molar-refractivity contribution < 1.29 is 27.1 Å². The molecule has 1 aliphatic heterocycles. The van der Waals surface area contributed by atoms with Gasteiger partial charge in [0.2, 0.25) is 0 Å². The molecule has 24 heavy (non-hydrogen) atoms. The van der Waals surface area contributed by atoms with Crippen LogP contribution in [0.25, 0.3) is 11.3 Å². The molecule has 1 aromatic heterocycles. The van der Waals surface area contributed by atoms with Crippen LogP contribution in [0.3, 0.4) is 0 Å². The van der Waals surface area contributed by atoms with Crippen LogP contribution in [0.15, 0.2) is 34.9 Å². The smallest absolute Gasteiger partial charge is 0.416 e. The van der Waals surface area contributed by atoms with Crippen molar-refractivity contribution in [3.8, 4) is 11.3 Å². The van der Waals surface area contributed by atoms with Crippen molar-refractivity contribution in [2.45, 2.75) is 6.18 Å². The first-order valence-corrected chi connectivity index (χ1v) is 7.20. The third-order valence-electron chi connectivity index (χ3n) is 3.52. The van der Waals surface area contributed by atoms with Crippen LogP contribution < -0.4 is 5.32 Å². The van der Waals surface area contributed by atoms with Crippen molar-refractivity contribution >= 4 is 12.0 Å². The summed E-state index contributed by atoms with van der Waals surface area (Å²) < 4.78 is 48.0. The molecule has 9 heteroatoms. The van der Waals surface area contributed by atoms with Gasteiger partial charge in [-0.05, 0) is 12.1 Å². The lowest BCUT2D eigenvalue weighted by atomic mass is 10.1. The lowest BCUT2D eigenvalue weighted by Crippen LogP contribution is -2.43. The summed E-state index contributed by atoms with van der Waals surface area (Å²) in [5, 5.41) is 2.51. The van der Waals surface area contributed by atoms with E-state index < -0.39 is 11.7 Å². The third-order valence-corrected chi connectivity index (χ3v) is 3.52. The van der Waals surface area contributed by atoms with Crippen LogP contribution in [0.4, 0.5) is 24.0 Å². The SMILES string of the molecule is O=C(Nc1nc(-c2ccc(C(F)(F)F)cc2)co1)N1CCOCC1. The lowest BCUT2D eigenvalue weighted by molar-refractivity contribution is -0.137. The number of ether oxygens (including phenoxy) is 1. The Morgan fingerprint density at radius 1 is 1.17 bits per heavy atom. The molecular formula is C15H14F3N3O3. The van der Waals surface area contributed by atoms with Gasteiger partial charge in [0.1, 0.15) is 12.0 Å². The standard InChI is InChI=1S/C15H14F3N3O3/c16-15(17,18)11-3-1-10(2-4-11)12-9-24-13(19-12)20-14(22)21-5-7-23-8-6-21/h1-4,9H,5-8H2,(H,19,20,22). The van der Waals surface area contributed by atoms with E-state index in [0.29, 0.717) is 37.6 Å². The van der Waals surface area contributed by atoms with E-state index in [9.17, 15) is 18.0 Å². The van der Waals surface area contributed by atoms with Crippen LogP contribution in [0.1, 0.15) is 5.56 Å². The van der Waals surface area contributed by atoms with Crippen molar-refractivity contribution in [1.29, 1.82) is 0 Å². The van der Waals surface area contributed by atoms with Crippen molar-refractivity contribution in [3.05, 3.63) is 36.1 Å². The molecule has 1 saturated heterocycles. The van der Waals surface area contributed by atoms with Crippen LogP contribution in [-0.2, 0) is 10.9 Å². The summed E-state index contributed by atoms with van der Waals surface area (Å²) in [5.41, 5.74) is 0.0511. The molecule has 0 unspecified atom stereocenters. The van der Waals surface area contributed by atoms with Gasteiger partial charge in [0.05, 0.1) is 18.8 Å². The number of aromatic nitrogens is 1. The summed E-state index contributed by atoms with van der Waals surface area (Å²) in [5.74, 6) is 0.